The topological polar surface area (TPSA) is 18.5 Å². The van der Waals surface area contributed by atoms with Gasteiger partial charge in [0.1, 0.15) is 0 Å². The highest BCUT2D eigenvalue weighted by Gasteiger charge is 2.23. The maximum absolute atomic E-state index is 5.05. The SMILES string of the molecule is COC(Br)(CC=C(Br)Br)OC. The Hall–Kier alpha value is 1.10. The molecule has 0 fully saturated rings. The molecule has 0 bridgehead atoms. The number of rotatable bonds is 4. The maximum atomic E-state index is 5.05. The van der Waals surface area contributed by atoms with Crippen molar-refractivity contribution in [3.05, 3.63) is 9.47 Å². The van der Waals surface area contributed by atoms with Crippen LogP contribution in [-0.2, 0) is 9.47 Å². The Morgan fingerprint density at radius 1 is 1.36 bits per heavy atom. The number of ether oxygens (including phenoxy) is 2. The Labute approximate surface area is 91.7 Å². The van der Waals surface area contributed by atoms with Crippen LogP contribution in [0.2, 0.25) is 0 Å². The Kier molecular flexibility index (Phi) is 6.26. The molecule has 0 aliphatic carbocycles. The molecular formula is C6H9Br3O2. The van der Waals surface area contributed by atoms with Gasteiger partial charge in [-0.2, -0.15) is 0 Å². The Morgan fingerprint density at radius 3 is 2.09 bits per heavy atom. The molecule has 66 valence electrons. The van der Waals surface area contributed by atoms with Gasteiger partial charge in [-0.1, -0.05) is 6.08 Å². The van der Waals surface area contributed by atoms with Crippen LogP contribution >= 0.6 is 47.8 Å². The second-order valence-electron chi connectivity index (χ2n) is 1.77. The third-order valence-electron chi connectivity index (χ3n) is 1.11. The van der Waals surface area contributed by atoms with E-state index in [1.165, 1.54) is 0 Å². The minimum Gasteiger partial charge on any atom is -0.344 e. The molecule has 11 heavy (non-hydrogen) atoms. The molecule has 0 spiro atoms. The van der Waals surface area contributed by atoms with E-state index in [4.69, 9.17) is 9.47 Å². The zero-order valence-corrected chi connectivity index (χ0v) is 11.0. The van der Waals surface area contributed by atoms with E-state index < -0.39 is 4.70 Å². The van der Waals surface area contributed by atoms with Gasteiger partial charge < -0.3 is 9.47 Å². The molecule has 0 aromatic heterocycles. The molecule has 0 aromatic rings. The van der Waals surface area contributed by atoms with Crippen molar-refractivity contribution in [1.29, 1.82) is 0 Å². The molecule has 0 N–H and O–H groups in total. The van der Waals surface area contributed by atoms with Gasteiger partial charge in [-0.05, 0) is 47.8 Å². The van der Waals surface area contributed by atoms with Gasteiger partial charge in [-0.3, -0.25) is 0 Å². The summed E-state index contributed by atoms with van der Waals surface area (Å²) in [6.45, 7) is 0. The van der Waals surface area contributed by atoms with Crippen LogP contribution in [0.1, 0.15) is 6.42 Å². The maximum Gasteiger partial charge on any atom is 0.229 e. The van der Waals surface area contributed by atoms with E-state index in [-0.39, 0.29) is 0 Å². The van der Waals surface area contributed by atoms with Crippen LogP contribution in [0.3, 0.4) is 0 Å². The van der Waals surface area contributed by atoms with Crippen molar-refractivity contribution in [2.24, 2.45) is 0 Å². The lowest BCUT2D eigenvalue weighted by Gasteiger charge is -2.22. The van der Waals surface area contributed by atoms with E-state index in [0.29, 0.717) is 6.42 Å². The van der Waals surface area contributed by atoms with Gasteiger partial charge in [0.2, 0.25) is 4.70 Å². The van der Waals surface area contributed by atoms with Crippen LogP contribution in [-0.4, -0.2) is 18.9 Å². The minimum absolute atomic E-state index is 0.617. The Morgan fingerprint density at radius 2 is 1.82 bits per heavy atom. The molecule has 2 nitrogen and oxygen atoms in total. The summed E-state index contributed by atoms with van der Waals surface area (Å²) in [4.78, 5) is 0. The molecule has 0 rings (SSSR count). The number of alkyl halides is 1. The number of halogens is 3. The summed E-state index contributed by atoms with van der Waals surface area (Å²) in [5.74, 6) is 0. The first-order valence-electron chi connectivity index (χ1n) is 2.84. The highest BCUT2D eigenvalue weighted by molar-refractivity contribution is 9.28. The molecule has 0 saturated heterocycles. The number of hydrogen-bond donors (Lipinski definition) is 0. The van der Waals surface area contributed by atoms with E-state index in [1.54, 1.807) is 14.2 Å². The van der Waals surface area contributed by atoms with Crippen LogP contribution in [0, 0.1) is 0 Å². The van der Waals surface area contributed by atoms with Crippen LogP contribution in [0.15, 0.2) is 9.47 Å². The van der Waals surface area contributed by atoms with Gasteiger partial charge >= 0.3 is 0 Å². The second kappa shape index (κ2) is 5.70. The van der Waals surface area contributed by atoms with Crippen molar-refractivity contribution in [2.75, 3.05) is 14.2 Å². The summed E-state index contributed by atoms with van der Waals surface area (Å²) in [6.07, 6.45) is 2.51. The monoisotopic (exact) mass is 350 g/mol. The van der Waals surface area contributed by atoms with Gasteiger partial charge in [0.05, 0.1) is 3.39 Å². The van der Waals surface area contributed by atoms with E-state index in [2.05, 4.69) is 47.8 Å². The standard InChI is InChI=1S/C6H9Br3O2/c1-10-6(9,11-2)4-3-5(7)8/h3H,4H2,1-2H3. The zero-order chi connectivity index (χ0) is 8.91. The normalized spacial score (nSPS) is 11.4. The van der Waals surface area contributed by atoms with Crippen molar-refractivity contribution in [1.82, 2.24) is 0 Å². The van der Waals surface area contributed by atoms with Crippen molar-refractivity contribution < 1.29 is 9.47 Å². The molecule has 5 heteroatoms. The lowest BCUT2D eigenvalue weighted by molar-refractivity contribution is -0.124. The van der Waals surface area contributed by atoms with Crippen molar-refractivity contribution >= 4 is 47.8 Å². The molecular weight excluding hydrogens is 344 g/mol. The summed E-state index contributed by atoms with van der Waals surface area (Å²) < 4.78 is 10.3. The molecule has 0 unspecified atom stereocenters. The average molecular weight is 353 g/mol. The minimum atomic E-state index is -0.709. The highest BCUT2D eigenvalue weighted by atomic mass is 79.9. The van der Waals surface area contributed by atoms with Gasteiger partial charge in [0.25, 0.3) is 0 Å². The first-order valence-corrected chi connectivity index (χ1v) is 5.22. The predicted molar refractivity (Wildman–Crippen MR) is 56.2 cm³/mol. The van der Waals surface area contributed by atoms with Gasteiger partial charge in [-0.25, -0.2) is 0 Å². The third-order valence-corrected chi connectivity index (χ3v) is 2.73. The predicted octanol–water partition coefficient (Wildman–Crippen LogP) is 3.35. The number of methoxy groups -OCH3 is 2. The fourth-order valence-electron chi connectivity index (χ4n) is 0.449. The first-order chi connectivity index (χ1) is 5.04. The molecule has 0 radical (unpaired) electrons. The lowest BCUT2D eigenvalue weighted by atomic mass is 10.4. The van der Waals surface area contributed by atoms with Crippen LogP contribution in [0.5, 0.6) is 0 Å². The molecule has 0 amide bonds. The summed E-state index contributed by atoms with van der Waals surface area (Å²) in [6, 6.07) is 0. The fraction of sp³-hybridized carbons (Fsp3) is 0.667. The number of hydrogen-bond acceptors (Lipinski definition) is 2. The van der Waals surface area contributed by atoms with E-state index in [9.17, 15) is 0 Å². The van der Waals surface area contributed by atoms with Crippen LogP contribution < -0.4 is 0 Å². The van der Waals surface area contributed by atoms with Crippen molar-refractivity contribution in [3.8, 4) is 0 Å². The summed E-state index contributed by atoms with van der Waals surface area (Å²) in [5, 5.41) is 0. The van der Waals surface area contributed by atoms with Gasteiger partial charge in [0.15, 0.2) is 0 Å². The van der Waals surface area contributed by atoms with Crippen LogP contribution in [0.4, 0.5) is 0 Å². The Bertz CT molecular complexity index is 139. The van der Waals surface area contributed by atoms with Crippen LogP contribution in [0.25, 0.3) is 0 Å². The zero-order valence-electron chi connectivity index (χ0n) is 6.23. The summed E-state index contributed by atoms with van der Waals surface area (Å²) >= 11 is 9.74. The molecule has 0 aliphatic rings. The molecule has 0 heterocycles. The van der Waals surface area contributed by atoms with Gasteiger partial charge in [0, 0.05) is 20.6 Å². The lowest BCUT2D eigenvalue weighted by Crippen LogP contribution is -2.24. The Balaban J connectivity index is 3.98. The fourth-order valence-corrected chi connectivity index (χ4v) is 0.935. The summed E-state index contributed by atoms with van der Waals surface area (Å²) in [5.41, 5.74) is 0. The second-order valence-corrected chi connectivity index (χ2v) is 5.75. The quantitative estimate of drug-likeness (QED) is 0.570. The van der Waals surface area contributed by atoms with Crippen molar-refractivity contribution in [3.63, 3.8) is 0 Å². The third kappa shape index (κ3) is 5.36. The molecule has 0 aliphatic heterocycles. The molecule has 0 saturated carbocycles. The molecule has 0 aromatic carbocycles. The summed E-state index contributed by atoms with van der Waals surface area (Å²) in [7, 11) is 3.16. The van der Waals surface area contributed by atoms with E-state index in [0.717, 1.165) is 3.39 Å². The highest BCUT2D eigenvalue weighted by Crippen LogP contribution is 2.27. The first kappa shape index (κ1) is 12.1. The van der Waals surface area contributed by atoms with Crippen molar-refractivity contribution in [2.45, 2.75) is 11.1 Å². The van der Waals surface area contributed by atoms with Gasteiger partial charge in [-0.15, -0.1) is 0 Å². The molecule has 0 atom stereocenters. The smallest absolute Gasteiger partial charge is 0.229 e. The largest absolute Gasteiger partial charge is 0.344 e. The average Bonchev–Trinajstić information content (AvgIpc) is 2.00. The van der Waals surface area contributed by atoms with E-state index in [1.807, 2.05) is 6.08 Å². The van der Waals surface area contributed by atoms with E-state index >= 15 is 0 Å².